The van der Waals surface area contributed by atoms with E-state index in [-0.39, 0.29) is 0 Å². The fraction of sp³-hybridized carbons (Fsp3) is 0.900. The van der Waals surface area contributed by atoms with E-state index in [2.05, 4.69) is 13.8 Å². The van der Waals surface area contributed by atoms with Gasteiger partial charge in [-0.2, -0.15) is 0 Å². The minimum absolute atomic E-state index is 1.12. The van der Waals surface area contributed by atoms with E-state index < -0.39 is 14.7 Å². The Morgan fingerprint density at radius 3 is 1.57 bits per heavy atom. The summed E-state index contributed by atoms with van der Waals surface area (Å²) in [5.74, 6) is 0. The van der Waals surface area contributed by atoms with Crippen molar-refractivity contribution >= 4 is 27.9 Å². The molecule has 0 aromatic rings. The van der Waals surface area contributed by atoms with Gasteiger partial charge in [-0.05, 0) is 0 Å². The SMILES string of the molecule is [CH2]CCCCCCCCC.[Cl][Ti]([Cl])[Cl]. The molecule has 0 N–H and O–H groups in total. The number of hydrogen-bond acceptors (Lipinski definition) is 0. The molecule has 0 atom stereocenters. The first kappa shape index (κ1) is 18.0. The monoisotopic (exact) mass is 294 g/mol. The van der Waals surface area contributed by atoms with E-state index in [1.165, 1.54) is 44.9 Å². The van der Waals surface area contributed by atoms with Crippen molar-refractivity contribution in [2.75, 3.05) is 0 Å². The van der Waals surface area contributed by atoms with E-state index in [0.29, 0.717) is 0 Å². The number of hydrogen-bond donors (Lipinski definition) is 0. The summed E-state index contributed by atoms with van der Waals surface area (Å²) in [4.78, 5) is 0. The van der Waals surface area contributed by atoms with Gasteiger partial charge >= 0.3 is 42.6 Å². The van der Waals surface area contributed by atoms with E-state index in [0.717, 1.165) is 6.42 Å². The minimum atomic E-state index is -1.92. The Balaban J connectivity index is 0. The van der Waals surface area contributed by atoms with E-state index in [9.17, 15) is 0 Å². The first-order chi connectivity index (χ1) is 6.65. The van der Waals surface area contributed by atoms with Crippen molar-refractivity contribution in [2.24, 2.45) is 0 Å². The molecule has 14 heavy (non-hydrogen) atoms. The molecular formula is C10H21Cl3Ti. The summed E-state index contributed by atoms with van der Waals surface area (Å²) in [6.45, 7) is 6.08. The van der Waals surface area contributed by atoms with Gasteiger partial charge in [-0.15, -0.1) is 0 Å². The Morgan fingerprint density at radius 1 is 0.857 bits per heavy atom. The van der Waals surface area contributed by atoms with Crippen molar-refractivity contribution in [2.45, 2.75) is 58.3 Å². The Bertz CT molecular complexity index is 78.7. The van der Waals surface area contributed by atoms with Crippen molar-refractivity contribution in [1.29, 1.82) is 0 Å². The van der Waals surface area contributed by atoms with Gasteiger partial charge in [0.2, 0.25) is 0 Å². The van der Waals surface area contributed by atoms with Crippen LogP contribution in [0.25, 0.3) is 0 Å². The maximum absolute atomic E-state index is 4.97. The molecule has 4 heteroatoms. The van der Waals surface area contributed by atoms with Gasteiger partial charge in [0.15, 0.2) is 0 Å². The van der Waals surface area contributed by atoms with Crippen LogP contribution in [0.2, 0.25) is 0 Å². The van der Waals surface area contributed by atoms with Crippen molar-refractivity contribution in [1.82, 2.24) is 0 Å². The zero-order chi connectivity index (χ0) is 11.2. The molecule has 0 saturated carbocycles. The Morgan fingerprint density at radius 2 is 1.21 bits per heavy atom. The third kappa shape index (κ3) is 29.2. The Hall–Kier alpha value is 1.58. The summed E-state index contributed by atoms with van der Waals surface area (Å²) in [6.07, 6.45) is 10.9. The van der Waals surface area contributed by atoms with Crippen LogP contribution in [0.3, 0.4) is 0 Å². The van der Waals surface area contributed by atoms with E-state index >= 15 is 0 Å². The van der Waals surface area contributed by atoms with Gasteiger partial charge in [-0.25, -0.2) is 0 Å². The molecule has 0 nitrogen and oxygen atoms in total. The Labute approximate surface area is 107 Å². The molecule has 0 fully saturated rings. The van der Waals surface area contributed by atoms with E-state index in [4.69, 9.17) is 27.9 Å². The molecule has 1 radical (unpaired) electrons. The predicted octanol–water partition coefficient (Wildman–Crippen LogP) is 6.03. The van der Waals surface area contributed by atoms with E-state index in [1.54, 1.807) is 0 Å². The van der Waals surface area contributed by atoms with Crippen LogP contribution in [-0.2, 0) is 14.7 Å². The number of rotatable bonds is 7. The molecule has 0 aliphatic rings. The first-order valence-electron chi connectivity index (χ1n) is 5.27. The van der Waals surface area contributed by atoms with Crippen molar-refractivity contribution in [3.63, 3.8) is 0 Å². The standard InChI is InChI=1S/C10H21.3ClH.Ti/c1-3-5-7-9-10-8-6-4-2;;;;/h1,3-10H2,2H3;3*1H;/q;;;;+3/p-3. The quantitative estimate of drug-likeness (QED) is 0.397. The van der Waals surface area contributed by atoms with Gasteiger partial charge in [-0.1, -0.05) is 65.2 Å². The second kappa shape index (κ2) is 17.0. The van der Waals surface area contributed by atoms with Crippen LogP contribution in [0.1, 0.15) is 58.3 Å². The summed E-state index contributed by atoms with van der Waals surface area (Å²) < 4.78 is 0. The third-order valence-corrected chi connectivity index (χ3v) is 1.85. The molecule has 0 spiro atoms. The van der Waals surface area contributed by atoms with Crippen LogP contribution in [0.5, 0.6) is 0 Å². The molecule has 0 amide bonds. The van der Waals surface area contributed by atoms with Crippen molar-refractivity contribution in [3.8, 4) is 0 Å². The van der Waals surface area contributed by atoms with Gasteiger partial charge in [0, 0.05) is 0 Å². The van der Waals surface area contributed by atoms with Gasteiger partial charge in [0.25, 0.3) is 0 Å². The zero-order valence-electron chi connectivity index (χ0n) is 9.00. The fourth-order valence-electron chi connectivity index (χ4n) is 1.13. The van der Waals surface area contributed by atoms with Crippen molar-refractivity contribution in [3.05, 3.63) is 6.92 Å². The summed E-state index contributed by atoms with van der Waals surface area (Å²) in [5, 5.41) is 0. The predicted molar refractivity (Wildman–Crippen MR) is 65.5 cm³/mol. The molecule has 0 unspecified atom stereocenters. The molecule has 0 bridgehead atoms. The van der Waals surface area contributed by atoms with Crippen LogP contribution in [0, 0.1) is 6.92 Å². The summed E-state index contributed by atoms with van der Waals surface area (Å²) >= 11 is -1.92. The van der Waals surface area contributed by atoms with Crippen LogP contribution in [0.15, 0.2) is 0 Å². The molecule has 0 aliphatic heterocycles. The molecule has 0 rings (SSSR count). The van der Waals surface area contributed by atoms with Crippen LogP contribution >= 0.6 is 27.9 Å². The molecule has 0 saturated heterocycles. The topological polar surface area (TPSA) is 0 Å². The van der Waals surface area contributed by atoms with Gasteiger partial charge in [-0.3, -0.25) is 0 Å². The average molecular weight is 296 g/mol. The van der Waals surface area contributed by atoms with E-state index in [1.807, 2.05) is 0 Å². The molecular weight excluding hydrogens is 274 g/mol. The van der Waals surface area contributed by atoms with Crippen LogP contribution in [0.4, 0.5) is 0 Å². The maximum atomic E-state index is 4.97. The first-order valence-corrected chi connectivity index (χ1v) is 11.7. The summed E-state index contributed by atoms with van der Waals surface area (Å²) in [5.41, 5.74) is 0. The van der Waals surface area contributed by atoms with Gasteiger partial charge in [0.05, 0.1) is 0 Å². The fourth-order valence-corrected chi connectivity index (χ4v) is 1.13. The summed E-state index contributed by atoms with van der Waals surface area (Å²) in [6, 6.07) is 0. The van der Waals surface area contributed by atoms with Crippen LogP contribution in [-0.4, -0.2) is 0 Å². The third-order valence-electron chi connectivity index (χ3n) is 1.85. The zero-order valence-corrected chi connectivity index (χ0v) is 12.8. The molecule has 0 heterocycles. The summed E-state index contributed by atoms with van der Waals surface area (Å²) in [7, 11) is 14.9. The van der Waals surface area contributed by atoms with Crippen molar-refractivity contribution < 1.29 is 14.7 Å². The average Bonchev–Trinajstić information content (AvgIpc) is 2.10. The molecule has 0 aromatic carbocycles. The molecule has 86 valence electrons. The second-order valence-corrected chi connectivity index (χ2v) is 10.9. The number of unbranched alkanes of at least 4 members (excludes halogenated alkanes) is 7. The Kier molecular flexibility index (Phi) is 21.8. The number of halogens is 3. The normalized spacial score (nSPS) is 9.21. The molecule has 0 aliphatic carbocycles. The van der Waals surface area contributed by atoms with Gasteiger partial charge < -0.3 is 0 Å². The van der Waals surface area contributed by atoms with Crippen LogP contribution < -0.4 is 0 Å². The van der Waals surface area contributed by atoms with Gasteiger partial charge in [0.1, 0.15) is 0 Å². The molecule has 0 aromatic heterocycles. The second-order valence-electron chi connectivity index (χ2n) is 3.19.